The third-order valence-electron chi connectivity index (χ3n) is 9.49. The Morgan fingerprint density at radius 1 is 0.477 bits per heavy atom. The second-order valence-electron chi connectivity index (χ2n) is 12.3. The van der Waals surface area contributed by atoms with Crippen molar-refractivity contribution in [2.75, 3.05) is 0 Å². The van der Waals surface area contributed by atoms with Gasteiger partial charge in [0.25, 0.3) is 0 Å². The Bertz CT molecular complexity index is 2030. The van der Waals surface area contributed by atoms with E-state index in [2.05, 4.69) is 36.4 Å². The first-order valence-electron chi connectivity index (χ1n) is 14.9. The fraction of sp³-hybridized carbons (Fsp3) is 0.150. The largest absolute Gasteiger partial charge is 0.508 e. The van der Waals surface area contributed by atoms with Crippen LogP contribution in [-0.2, 0) is 11.8 Å². The van der Waals surface area contributed by atoms with Crippen LogP contribution in [0.15, 0.2) is 97.1 Å². The monoisotopic (exact) mass is 578 g/mol. The van der Waals surface area contributed by atoms with Crippen molar-refractivity contribution in [3.63, 3.8) is 0 Å². The van der Waals surface area contributed by atoms with Crippen molar-refractivity contribution in [1.29, 1.82) is 0 Å². The Morgan fingerprint density at radius 3 is 1.45 bits per heavy atom. The van der Waals surface area contributed by atoms with Crippen molar-refractivity contribution in [1.82, 2.24) is 0 Å². The van der Waals surface area contributed by atoms with Gasteiger partial charge in [0.2, 0.25) is 0 Å². The van der Waals surface area contributed by atoms with E-state index in [4.69, 9.17) is 0 Å². The highest BCUT2D eigenvalue weighted by Gasteiger charge is 2.46. The topological polar surface area (TPSA) is 80.9 Å². The molecule has 0 fully saturated rings. The summed E-state index contributed by atoms with van der Waals surface area (Å²) in [5.74, 6) is 0.857. The molecule has 218 valence electrons. The first-order chi connectivity index (χ1) is 21.1. The van der Waals surface area contributed by atoms with Gasteiger partial charge in [0.15, 0.2) is 0 Å². The molecule has 0 radical (unpaired) electrons. The number of phenols is 4. The van der Waals surface area contributed by atoms with Crippen LogP contribution in [0.1, 0.15) is 44.5 Å². The molecule has 44 heavy (non-hydrogen) atoms. The molecule has 1 aliphatic rings. The molecule has 6 aromatic rings. The van der Waals surface area contributed by atoms with Crippen molar-refractivity contribution >= 4 is 10.8 Å². The first-order valence-corrected chi connectivity index (χ1v) is 14.9. The van der Waals surface area contributed by atoms with E-state index in [9.17, 15) is 20.4 Å². The Morgan fingerprint density at radius 2 is 0.955 bits per heavy atom. The number of hydrogen-bond donors (Lipinski definition) is 4. The lowest BCUT2D eigenvalue weighted by molar-refractivity contribution is 0.433. The minimum Gasteiger partial charge on any atom is -0.508 e. The van der Waals surface area contributed by atoms with Crippen molar-refractivity contribution < 1.29 is 20.4 Å². The maximum atomic E-state index is 12.0. The number of hydrogen-bond acceptors (Lipinski definition) is 4. The van der Waals surface area contributed by atoms with Gasteiger partial charge < -0.3 is 20.4 Å². The predicted molar refractivity (Wildman–Crippen MR) is 177 cm³/mol. The molecule has 0 aliphatic heterocycles. The van der Waals surface area contributed by atoms with Crippen molar-refractivity contribution in [3.8, 4) is 45.3 Å². The Labute approximate surface area is 257 Å². The van der Waals surface area contributed by atoms with Crippen LogP contribution in [0, 0.1) is 27.7 Å². The molecule has 0 unspecified atom stereocenters. The van der Waals surface area contributed by atoms with Gasteiger partial charge in [0, 0.05) is 11.1 Å². The molecular formula is C40H34O4. The van der Waals surface area contributed by atoms with Crippen LogP contribution in [-0.4, -0.2) is 20.4 Å². The highest BCUT2D eigenvalue weighted by Crippen LogP contribution is 2.56. The smallest absolute Gasteiger partial charge is 0.122 e. The molecule has 4 N–H and O–H groups in total. The highest BCUT2D eigenvalue weighted by atomic mass is 16.3. The van der Waals surface area contributed by atoms with E-state index in [1.807, 2.05) is 76.2 Å². The molecule has 0 amide bonds. The first kappa shape index (κ1) is 27.6. The summed E-state index contributed by atoms with van der Waals surface area (Å²) in [5.41, 5.74) is 9.43. The van der Waals surface area contributed by atoms with Crippen LogP contribution in [0.25, 0.3) is 33.0 Å². The number of benzene rings is 6. The Balaban J connectivity index is 1.58. The van der Waals surface area contributed by atoms with Gasteiger partial charge in [-0.3, -0.25) is 0 Å². The maximum absolute atomic E-state index is 12.0. The molecule has 4 heteroatoms. The van der Waals surface area contributed by atoms with Gasteiger partial charge in [-0.05, 0) is 149 Å². The minimum absolute atomic E-state index is 0.192. The van der Waals surface area contributed by atoms with E-state index in [0.29, 0.717) is 6.42 Å². The lowest BCUT2D eigenvalue weighted by Crippen LogP contribution is -2.29. The zero-order valence-corrected chi connectivity index (χ0v) is 25.2. The van der Waals surface area contributed by atoms with Gasteiger partial charge in [-0.2, -0.15) is 0 Å². The van der Waals surface area contributed by atoms with Crippen molar-refractivity contribution in [3.05, 3.63) is 142 Å². The summed E-state index contributed by atoms with van der Waals surface area (Å²) in [6, 6.07) is 31.7. The van der Waals surface area contributed by atoms with E-state index in [1.54, 1.807) is 12.1 Å². The number of aromatic hydroxyl groups is 4. The predicted octanol–water partition coefficient (Wildman–Crippen LogP) is 9.12. The second-order valence-corrected chi connectivity index (χ2v) is 12.3. The molecule has 0 aromatic heterocycles. The van der Waals surface area contributed by atoms with E-state index in [0.717, 1.165) is 77.5 Å². The van der Waals surface area contributed by atoms with Gasteiger partial charge in [-0.1, -0.05) is 48.5 Å². The normalized spacial score (nSPS) is 13.5. The zero-order valence-electron chi connectivity index (χ0n) is 25.2. The third kappa shape index (κ3) is 4.05. The highest BCUT2D eigenvalue weighted by molar-refractivity contribution is 5.95. The van der Waals surface area contributed by atoms with Crippen LogP contribution in [0.4, 0.5) is 0 Å². The summed E-state index contributed by atoms with van der Waals surface area (Å²) in [4.78, 5) is 0. The SMILES string of the molecule is Cc1cc(-c2cc(C)c(O)c(C3(c4cc(-c5ccc(O)c(C)c5)cc(C)c4O)Cc4cccc5cccc3c45)c2)ccc1O. The molecule has 0 saturated carbocycles. The standard InChI is InChI=1S/C40H34O4/c1-22-15-27(11-13-35(22)41)30-17-24(3)38(43)33(19-30)40(21-29-9-5-7-26-8-6-10-32(40)37(26)29)34-20-31(18-25(4)39(34)44)28-12-14-36(42)23(2)16-28/h5-20,41-44H,21H2,1-4H3. The summed E-state index contributed by atoms with van der Waals surface area (Å²) < 4.78 is 0. The van der Waals surface area contributed by atoms with E-state index in [-0.39, 0.29) is 23.0 Å². The van der Waals surface area contributed by atoms with Crippen LogP contribution >= 0.6 is 0 Å². The van der Waals surface area contributed by atoms with Gasteiger partial charge in [0.05, 0.1) is 5.41 Å². The summed E-state index contributed by atoms with van der Waals surface area (Å²) in [5, 5.41) is 46.6. The average molecular weight is 579 g/mol. The molecule has 7 rings (SSSR count). The second kappa shape index (κ2) is 9.92. The molecule has 4 nitrogen and oxygen atoms in total. The molecule has 0 spiro atoms. The molecule has 0 heterocycles. The van der Waals surface area contributed by atoms with E-state index in [1.165, 1.54) is 0 Å². The van der Waals surface area contributed by atoms with Gasteiger partial charge in [-0.25, -0.2) is 0 Å². The number of phenolic OH excluding ortho intramolecular Hbond substituents is 4. The van der Waals surface area contributed by atoms with Gasteiger partial charge in [0.1, 0.15) is 23.0 Å². The molecule has 0 atom stereocenters. The van der Waals surface area contributed by atoms with Crippen LogP contribution < -0.4 is 0 Å². The lowest BCUT2D eigenvalue weighted by Gasteiger charge is -2.35. The number of aryl methyl sites for hydroxylation is 4. The summed E-state index contributed by atoms with van der Waals surface area (Å²) in [6.45, 7) is 7.57. The average Bonchev–Trinajstić information content (AvgIpc) is 3.35. The molecule has 0 bridgehead atoms. The van der Waals surface area contributed by atoms with Gasteiger partial charge in [-0.15, -0.1) is 0 Å². The summed E-state index contributed by atoms with van der Waals surface area (Å²) in [7, 11) is 0. The summed E-state index contributed by atoms with van der Waals surface area (Å²) >= 11 is 0. The third-order valence-corrected chi connectivity index (χ3v) is 9.49. The van der Waals surface area contributed by atoms with Crippen LogP contribution in [0.3, 0.4) is 0 Å². The van der Waals surface area contributed by atoms with Crippen LogP contribution in [0.5, 0.6) is 23.0 Å². The zero-order chi connectivity index (χ0) is 30.9. The van der Waals surface area contributed by atoms with Crippen molar-refractivity contribution in [2.24, 2.45) is 0 Å². The lowest BCUT2D eigenvalue weighted by atomic mass is 9.67. The fourth-order valence-corrected chi connectivity index (χ4v) is 7.14. The molecule has 6 aromatic carbocycles. The fourth-order valence-electron chi connectivity index (χ4n) is 7.14. The maximum Gasteiger partial charge on any atom is 0.122 e. The minimum atomic E-state index is -0.906. The summed E-state index contributed by atoms with van der Waals surface area (Å²) in [6.07, 6.45) is 0.555. The van der Waals surface area contributed by atoms with E-state index < -0.39 is 5.41 Å². The van der Waals surface area contributed by atoms with E-state index >= 15 is 0 Å². The van der Waals surface area contributed by atoms with Gasteiger partial charge >= 0.3 is 0 Å². The van der Waals surface area contributed by atoms with Crippen molar-refractivity contribution in [2.45, 2.75) is 39.5 Å². The molecule has 1 aliphatic carbocycles. The Hall–Kier alpha value is -5.22. The van der Waals surface area contributed by atoms with Crippen LogP contribution in [0.2, 0.25) is 0 Å². The Kier molecular flexibility index (Phi) is 6.22. The quantitative estimate of drug-likeness (QED) is 0.168. The molecule has 0 saturated heterocycles. The number of rotatable bonds is 4. The molecular weight excluding hydrogens is 544 g/mol.